The van der Waals surface area contributed by atoms with Crippen molar-refractivity contribution >= 4 is 5.69 Å². The molecule has 1 radical (unpaired) electrons. The first-order valence-electron chi connectivity index (χ1n) is 4.68. The zero-order chi connectivity index (χ0) is 9.10. The predicted molar refractivity (Wildman–Crippen MR) is 52.7 cm³/mol. The molecule has 1 saturated heterocycles. The third-order valence-electron chi connectivity index (χ3n) is 2.47. The molecule has 0 aliphatic carbocycles. The molecule has 2 nitrogen and oxygen atoms in total. The average molecular weight is 176 g/mol. The van der Waals surface area contributed by atoms with Crippen LogP contribution in [0.5, 0.6) is 0 Å². The molecular formula is C11H14NO. The van der Waals surface area contributed by atoms with Gasteiger partial charge >= 0.3 is 0 Å². The van der Waals surface area contributed by atoms with Crippen molar-refractivity contribution in [3.8, 4) is 0 Å². The van der Waals surface area contributed by atoms with E-state index in [0.29, 0.717) is 0 Å². The fourth-order valence-electron chi connectivity index (χ4n) is 1.82. The number of benzene rings is 1. The van der Waals surface area contributed by atoms with Crippen molar-refractivity contribution in [2.24, 2.45) is 0 Å². The number of nitrogens with zero attached hydrogens (tertiary/aromatic N) is 1. The third kappa shape index (κ3) is 1.68. The lowest BCUT2D eigenvalue weighted by Crippen LogP contribution is -2.30. The van der Waals surface area contributed by atoms with Gasteiger partial charge in [0.25, 0.3) is 0 Å². The zero-order valence-electron chi connectivity index (χ0n) is 7.86. The molecule has 1 fully saturated rings. The molecule has 1 aliphatic rings. The number of hydrogen-bond acceptors (Lipinski definition) is 2. The highest BCUT2D eigenvalue weighted by Gasteiger charge is 2.23. The molecule has 1 heterocycles. The molecule has 1 aromatic rings. The maximum atomic E-state index is 5.38. The number of anilines is 1. The number of methoxy groups -OCH3 is 1. The van der Waals surface area contributed by atoms with E-state index in [-0.39, 0.29) is 6.23 Å². The van der Waals surface area contributed by atoms with E-state index in [0.717, 1.165) is 18.7 Å². The van der Waals surface area contributed by atoms with Gasteiger partial charge in [-0.25, -0.2) is 0 Å². The van der Waals surface area contributed by atoms with Crippen LogP contribution in [-0.2, 0) is 4.74 Å². The van der Waals surface area contributed by atoms with Crippen molar-refractivity contribution in [3.05, 3.63) is 30.3 Å². The Morgan fingerprint density at radius 1 is 1.54 bits per heavy atom. The molecule has 2 heteroatoms. The Hall–Kier alpha value is -1.02. The van der Waals surface area contributed by atoms with Gasteiger partial charge in [0.15, 0.2) is 0 Å². The van der Waals surface area contributed by atoms with Gasteiger partial charge in [0.1, 0.15) is 6.23 Å². The molecule has 1 atom stereocenters. The summed E-state index contributed by atoms with van der Waals surface area (Å²) in [6.07, 6.45) is 2.58. The Kier molecular flexibility index (Phi) is 2.50. The first-order chi connectivity index (χ1) is 6.42. The minimum absolute atomic E-state index is 0.249. The van der Waals surface area contributed by atoms with Crippen LogP contribution >= 0.6 is 0 Å². The van der Waals surface area contributed by atoms with Crippen LogP contribution < -0.4 is 4.90 Å². The SMILES string of the molecule is COC1CCCN1c1[c]cccc1. The van der Waals surface area contributed by atoms with Crippen LogP contribution in [0.2, 0.25) is 0 Å². The highest BCUT2D eigenvalue weighted by atomic mass is 16.5. The monoisotopic (exact) mass is 176 g/mol. The van der Waals surface area contributed by atoms with Crippen LogP contribution in [0.15, 0.2) is 24.3 Å². The van der Waals surface area contributed by atoms with Crippen molar-refractivity contribution in [3.63, 3.8) is 0 Å². The van der Waals surface area contributed by atoms with E-state index >= 15 is 0 Å². The molecule has 1 aliphatic heterocycles. The number of hydrogen-bond donors (Lipinski definition) is 0. The van der Waals surface area contributed by atoms with Crippen LogP contribution in [0, 0.1) is 6.07 Å². The smallest absolute Gasteiger partial charge is 0.129 e. The lowest BCUT2D eigenvalue weighted by atomic mass is 10.3. The summed E-state index contributed by atoms with van der Waals surface area (Å²) in [6, 6.07) is 11.3. The molecule has 69 valence electrons. The highest BCUT2D eigenvalue weighted by molar-refractivity contribution is 5.46. The van der Waals surface area contributed by atoms with E-state index in [2.05, 4.69) is 17.0 Å². The van der Waals surface area contributed by atoms with E-state index in [1.54, 1.807) is 7.11 Å². The molecule has 0 bridgehead atoms. The molecule has 0 saturated carbocycles. The topological polar surface area (TPSA) is 12.5 Å². The van der Waals surface area contributed by atoms with Gasteiger partial charge in [-0.3, -0.25) is 0 Å². The van der Waals surface area contributed by atoms with E-state index < -0.39 is 0 Å². The molecule has 0 N–H and O–H groups in total. The van der Waals surface area contributed by atoms with Crippen LogP contribution in [0.3, 0.4) is 0 Å². The quantitative estimate of drug-likeness (QED) is 0.684. The Morgan fingerprint density at radius 2 is 2.46 bits per heavy atom. The zero-order valence-corrected chi connectivity index (χ0v) is 7.86. The summed E-state index contributed by atoms with van der Waals surface area (Å²) in [5.74, 6) is 0. The fourth-order valence-corrected chi connectivity index (χ4v) is 1.82. The minimum Gasteiger partial charge on any atom is -0.362 e. The first kappa shape index (κ1) is 8.57. The second kappa shape index (κ2) is 3.79. The second-order valence-corrected chi connectivity index (χ2v) is 3.27. The largest absolute Gasteiger partial charge is 0.362 e. The lowest BCUT2D eigenvalue weighted by molar-refractivity contribution is 0.111. The van der Waals surface area contributed by atoms with Gasteiger partial charge in [-0.05, 0) is 18.9 Å². The molecule has 2 rings (SSSR count). The van der Waals surface area contributed by atoms with Gasteiger partial charge in [0.05, 0.1) is 0 Å². The van der Waals surface area contributed by atoms with E-state index in [4.69, 9.17) is 4.74 Å². The molecule has 1 unspecified atom stereocenters. The number of para-hydroxylation sites is 1. The Labute approximate surface area is 79.1 Å². The Balaban J connectivity index is 2.16. The van der Waals surface area contributed by atoms with E-state index in [1.165, 1.54) is 6.42 Å². The standard InChI is InChI=1S/C11H14NO/c1-13-11-8-5-9-12(11)10-6-3-2-4-7-10/h2-4,6,11H,5,8-9H2,1H3. The van der Waals surface area contributed by atoms with Gasteiger partial charge in [-0.1, -0.05) is 18.2 Å². The van der Waals surface area contributed by atoms with E-state index in [9.17, 15) is 0 Å². The Morgan fingerprint density at radius 3 is 3.15 bits per heavy atom. The summed E-state index contributed by atoms with van der Waals surface area (Å²) in [5, 5.41) is 0. The Bertz CT molecular complexity index is 260. The van der Waals surface area contributed by atoms with Crippen LogP contribution in [-0.4, -0.2) is 19.9 Å². The molecule has 0 aromatic heterocycles. The van der Waals surface area contributed by atoms with Crippen LogP contribution in [0.25, 0.3) is 0 Å². The summed E-state index contributed by atoms with van der Waals surface area (Å²) in [4.78, 5) is 2.26. The maximum Gasteiger partial charge on any atom is 0.129 e. The maximum absolute atomic E-state index is 5.38. The average Bonchev–Trinajstić information content (AvgIpc) is 2.67. The summed E-state index contributed by atoms with van der Waals surface area (Å²) in [6.45, 7) is 1.08. The van der Waals surface area contributed by atoms with Crippen molar-refractivity contribution in [1.29, 1.82) is 0 Å². The summed E-state index contributed by atoms with van der Waals surface area (Å²) >= 11 is 0. The molecule has 0 amide bonds. The minimum atomic E-state index is 0.249. The number of ether oxygens (including phenoxy) is 1. The van der Waals surface area contributed by atoms with Gasteiger partial charge in [0.2, 0.25) is 0 Å². The van der Waals surface area contributed by atoms with Crippen LogP contribution in [0.4, 0.5) is 5.69 Å². The predicted octanol–water partition coefficient (Wildman–Crippen LogP) is 2.06. The highest BCUT2D eigenvalue weighted by Crippen LogP contribution is 2.24. The molecule has 1 aromatic carbocycles. The van der Waals surface area contributed by atoms with Crippen molar-refractivity contribution in [1.82, 2.24) is 0 Å². The van der Waals surface area contributed by atoms with Gasteiger partial charge in [-0.15, -0.1) is 0 Å². The summed E-state index contributed by atoms with van der Waals surface area (Å²) in [5.41, 5.74) is 1.15. The van der Waals surface area contributed by atoms with Crippen LogP contribution in [0.1, 0.15) is 12.8 Å². The third-order valence-corrected chi connectivity index (χ3v) is 2.47. The normalized spacial score (nSPS) is 22.2. The van der Waals surface area contributed by atoms with Crippen molar-refractivity contribution in [2.75, 3.05) is 18.6 Å². The summed E-state index contributed by atoms with van der Waals surface area (Å²) < 4.78 is 5.38. The molecule has 0 spiro atoms. The van der Waals surface area contributed by atoms with Crippen molar-refractivity contribution in [2.45, 2.75) is 19.1 Å². The van der Waals surface area contributed by atoms with Gasteiger partial charge < -0.3 is 9.64 Å². The first-order valence-corrected chi connectivity index (χ1v) is 4.68. The van der Waals surface area contributed by atoms with Gasteiger partial charge in [-0.2, -0.15) is 0 Å². The molecule has 13 heavy (non-hydrogen) atoms. The molecular weight excluding hydrogens is 162 g/mol. The van der Waals surface area contributed by atoms with E-state index in [1.807, 2.05) is 18.2 Å². The van der Waals surface area contributed by atoms with Gasteiger partial charge in [0, 0.05) is 25.4 Å². The number of rotatable bonds is 2. The lowest BCUT2D eigenvalue weighted by Gasteiger charge is -2.24. The second-order valence-electron chi connectivity index (χ2n) is 3.27. The summed E-state index contributed by atoms with van der Waals surface area (Å²) in [7, 11) is 1.77. The van der Waals surface area contributed by atoms with Crippen molar-refractivity contribution < 1.29 is 4.74 Å². The fraction of sp³-hybridized carbons (Fsp3) is 0.455.